The first-order valence-electron chi connectivity index (χ1n) is 7.72. The maximum Gasteiger partial charge on any atom is 0.233 e. The second kappa shape index (κ2) is 7.44. The molecule has 5 nitrogen and oxygen atoms in total. The minimum Gasteiger partial charge on any atom is -0.325 e. The largest absolute Gasteiger partial charge is 0.325 e. The summed E-state index contributed by atoms with van der Waals surface area (Å²) in [6.07, 6.45) is 1.39. The third-order valence-corrected chi connectivity index (χ3v) is 4.28. The highest BCUT2D eigenvalue weighted by Crippen LogP contribution is 2.24. The van der Waals surface area contributed by atoms with Gasteiger partial charge in [0.25, 0.3) is 0 Å². The van der Waals surface area contributed by atoms with Gasteiger partial charge in [0.05, 0.1) is 16.9 Å². The molecule has 0 radical (unpaired) electrons. The summed E-state index contributed by atoms with van der Waals surface area (Å²) in [5.74, 6) is -0.769. The third-order valence-electron chi connectivity index (χ3n) is 3.63. The minimum atomic E-state index is -0.390. The number of fused-ring (bicyclic) bond motifs is 1. The number of hydrogen-bond donors (Lipinski definition) is 2. The number of carbonyl (C=O) groups is 2. The Bertz CT molecular complexity index is 951. The molecule has 2 aromatic carbocycles. The van der Waals surface area contributed by atoms with E-state index in [4.69, 9.17) is 0 Å². The van der Waals surface area contributed by atoms with E-state index in [0.717, 1.165) is 15.4 Å². The Balaban J connectivity index is 1.66. The number of aryl methyl sites for hydroxylation is 1. The molecule has 25 heavy (non-hydrogen) atoms. The van der Waals surface area contributed by atoms with Gasteiger partial charge in [0.2, 0.25) is 11.8 Å². The van der Waals surface area contributed by atoms with Crippen LogP contribution < -0.4 is 10.6 Å². The molecular weight excluding hydrogens is 382 g/mol. The lowest BCUT2D eigenvalue weighted by Crippen LogP contribution is -2.21. The molecule has 0 bridgehead atoms. The Labute approximate surface area is 153 Å². The Morgan fingerprint density at radius 3 is 2.48 bits per heavy atom. The molecule has 3 rings (SSSR count). The highest BCUT2D eigenvalue weighted by molar-refractivity contribution is 9.10. The molecule has 0 fully saturated rings. The first-order chi connectivity index (χ1) is 12.0. The molecule has 0 aliphatic rings. The van der Waals surface area contributed by atoms with Crippen molar-refractivity contribution < 1.29 is 9.59 Å². The van der Waals surface area contributed by atoms with Gasteiger partial charge in [-0.15, -0.1) is 0 Å². The molecule has 3 aromatic rings. The van der Waals surface area contributed by atoms with Crippen molar-refractivity contribution in [3.8, 4) is 0 Å². The van der Waals surface area contributed by atoms with Crippen molar-refractivity contribution in [3.05, 3.63) is 64.8 Å². The van der Waals surface area contributed by atoms with E-state index in [2.05, 4.69) is 31.5 Å². The summed E-state index contributed by atoms with van der Waals surface area (Å²) in [6, 6.07) is 14.9. The molecule has 2 N–H and O–H groups in total. The van der Waals surface area contributed by atoms with Crippen LogP contribution in [0, 0.1) is 6.92 Å². The quantitative estimate of drug-likeness (QED) is 0.645. The van der Waals surface area contributed by atoms with Crippen LogP contribution >= 0.6 is 15.9 Å². The van der Waals surface area contributed by atoms with Crippen molar-refractivity contribution in [1.29, 1.82) is 0 Å². The predicted octanol–water partition coefficient (Wildman–Crippen LogP) is 4.27. The van der Waals surface area contributed by atoms with Crippen LogP contribution in [0.1, 0.15) is 12.0 Å². The first-order valence-corrected chi connectivity index (χ1v) is 8.52. The number of nitrogens with one attached hydrogen (secondary N) is 2. The summed E-state index contributed by atoms with van der Waals surface area (Å²) < 4.78 is 0.777. The minimum absolute atomic E-state index is 0.274. The lowest BCUT2D eigenvalue weighted by atomic mass is 10.2. The number of aromatic nitrogens is 1. The van der Waals surface area contributed by atoms with E-state index in [0.29, 0.717) is 16.9 Å². The highest BCUT2D eigenvalue weighted by Gasteiger charge is 2.13. The van der Waals surface area contributed by atoms with Crippen LogP contribution in [0.4, 0.5) is 11.4 Å². The second-order valence-electron chi connectivity index (χ2n) is 5.64. The van der Waals surface area contributed by atoms with Gasteiger partial charge in [-0.3, -0.25) is 14.6 Å². The number of para-hydroxylation sites is 1. The SMILES string of the molecule is Cc1ccc(NC(=O)CC(=O)Nc2cccc3cccnc23)c(Br)c1. The molecule has 0 aliphatic heterocycles. The fraction of sp³-hybridized carbons (Fsp3) is 0.105. The van der Waals surface area contributed by atoms with Crippen molar-refractivity contribution in [1.82, 2.24) is 4.98 Å². The number of rotatable bonds is 4. The Hall–Kier alpha value is -2.73. The van der Waals surface area contributed by atoms with Gasteiger partial charge in [-0.25, -0.2) is 0 Å². The van der Waals surface area contributed by atoms with Gasteiger partial charge < -0.3 is 10.6 Å². The molecule has 1 heterocycles. The molecule has 6 heteroatoms. The Kier molecular flexibility index (Phi) is 5.09. The van der Waals surface area contributed by atoms with Gasteiger partial charge in [-0.05, 0) is 52.7 Å². The van der Waals surface area contributed by atoms with E-state index in [9.17, 15) is 9.59 Å². The van der Waals surface area contributed by atoms with Crippen LogP contribution in [0.5, 0.6) is 0 Å². The van der Waals surface area contributed by atoms with Gasteiger partial charge >= 0.3 is 0 Å². The summed E-state index contributed by atoms with van der Waals surface area (Å²) in [4.78, 5) is 28.6. The summed E-state index contributed by atoms with van der Waals surface area (Å²) in [5.41, 5.74) is 2.99. The summed E-state index contributed by atoms with van der Waals surface area (Å²) >= 11 is 3.40. The average molecular weight is 398 g/mol. The smallest absolute Gasteiger partial charge is 0.233 e. The fourth-order valence-corrected chi connectivity index (χ4v) is 3.05. The molecule has 0 unspecified atom stereocenters. The van der Waals surface area contributed by atoms with Gasteiger partial charge in [-0.2, -0.15) is 0 Å². The zero-order valence-electron chi connectivity index (χ0n) is 13.5. The maximum atomic E-state index is 12.2. The molecule has 126 valence electrons. The molecular formula is C19H16BrN3O2. The number of halogens is 1. The van der Waals surface area contributed by atoms with Crippen molar-refractivity contribution in [2.45, 2.75) is 13.3 Å². The number of hydrogen-bond acceptors (Lipinski definition) is 3. The van der Waals surface area contributed by atoms with Gasteiger partial charge in [0.15, 0.2) is 0 Å². The number of benzene rings is 2. The predicted molar refractivity (Wildman–Crippen MR) is 102 cm³/mol. The van der Waals surface area contributed by atoms with Crippen LogP contribution in [0.15, 0.2) is 59.2 Å². The molecule has 0 spiro atoms. The summed E-state index contributed by atoms with van der Waals surface area (Å²) in [5, 5.41) is 6.40. The number of pyridine rings is 1. The highest BCUT2D eigenvalue weighted by atomic mass is 79.9. The van der Waals surface area contributed by atoms with Crippen molar-refractivity contribution >= 4 is 50.0 Å². The average Bonchev–Trinajstić information content (AvgIpc) is 2.57. The molecule has 0 saturated heterocycles. The molecule has 0 aliphatic carbocycles. The van der Waals surface area contributed by atoms with E-state index in [1.165, 1.54) is 0 Å². The molecule has 1 aromatic heterocycles. The second-order valence-corrected chi connectivity index (χ2v) is 6.49. The van der Waals surface area contributed by atoms with Gasteiger partial charge in [0, 0.05) is 16.1 Å². The monoisotopic (exact) mass is 397 g/mol. The van der Waals surface area contributed by atoms with Crippen LogP contribution in [-0.4, -0.2) is 16.8 Å². The third kappa shape index (κ3) is 4.22. The Morgan fingerprint density at radius 1 is 1.00 bits per heavy atom. The van der Waals surface area contributed by atoms with Gasteiger partial charge in [0.1, 0.15) is 6.42 Å². The Morgan fingerprint density at radius 2 is 1.72 bits per heavy atom. The zero-order chi connectivity index (χ0) is 17.8. The fourth-order valence-electron chi connectivity index (χ4n) is 2.46. The van der Waals surface area contributed by atoms with Crippen molar-refractivity contribution in [2.24, 2.45) is 0 Å². The van der Waals surface area contributed by atoms with Crippen LogP contribution in [-0.2, 0) is 9.59 Å². The maximum absolute atomic E-state index is 12.2. The van der Waals surface area contributed by atoms with E-state index >= 15 is 0 Å². The number of amides is 2. The number of nitrogens with zero attached hydrogens (tertiary/aromatic N) is 1. The topological polar surface area (TPSA) is 71.1 Å². The number of anilines is 2. The number of carbonyl (C=O) groups excluding carboxylic acids is 2. The van der Waals surface area contributed by atoms with Crippen LogP contribution in [0.3, 0.4) is 0 Å². The van der Waals surface area contributed by atoms with E-state index in [1.807, 2.05) is 43.3 Å². The lowest BCUT2D eigenvalue weighted by molar-refractivity contribution is -0.123. The van der Waals surface area contributed by atoms with E-state index < -0.39 is 0 Å². The lowest BCUT2D eigenvalue weighted by Gasteiger charge is -2.10. The van der Waals surface area contributed by atoms with E-state index in [-0.39, 0.29) is 18.2 Å². The molecule has 2 amide bonds. The molecule has 0 atom stereocenters. The van der Waals surface area contributed by atoms with Crippen LogP contribution in [0.2, 0.25) is 0 Å². The van der Waals surface area contributed by atoms with Gasteiger partial charge in [-0.1, -0.05) is 24.3 Å². The normalized spacial score (nSPS) is 10.5. The van der Waals surface area contributed by atoms with Crippen molar-refractivity contribution in [2.75, 3.05) is 10.6 Å². The van der Waals surface area contributed by atoms with E-state index in [1.54, 1.807) is 18.3 Å². The molecule has 0 saturated carbocycles. The summed E-state index contributed by atoms with van der Waals surface area (Å²) in [6.45, 7) is 1.96. The summed E-state index contributed by atoms with van der Waals surface area (Å²) in [7, 11) is 0. The standard InChI is InChI=1S/C19H16BrN3O2/c1-12-7-8-15(14(20)10-12)22-17(24)11-18(25)23-16-6-2-4-13-5-3-9-21-19(13)16/h2-10H,11H2,1H3,(H,22,24)(H,23,25). The zero-order valence-corrected chi connectivity index (χ0v) is 15.1. The first kappa shape index (κ1) is 17.1. The van der Waals surface area contributed by atoms with Crippen molar-refractivity contribution in [3.63, 3.8) is 0 Å². The van der Waals surface area contributed by atoms with Crippen LogP contribution in [0.25, 0.3) is 10.9 Å².